The maximum Gasteiger partial charge on any atom is 0.338 e. The Morgan fingerprint density at radius 2 is 2.15 bits per heavy atom. The second-order valence-corrected chi connectivity index (χ2v) is 6.64. The predicted molar refractivity (Wildman–Crippen MR) is 81.5 cm³/mol. The number of aromatic carboxylic acids is 1. The van der Waals surface area contributed by atoms with E-state index in [0.717, 1.165) is 39.9 Å². The molecule has 0 radical (unpaired) electrons. The van der Waals surface area contributed by atoms with Gasteiger partial charge in [0.25, 0.3) is 0 Å². The monoisotopic (exact) mass is 349 g/mol. The highest BCUT2D eigenvalue weighted by Gasteiger charge is 2.20. The molecule has 0 fully saturated rings. The Morgan fingerprint density at radius 3 is 2.90 bits per heavy atom. The summed E-state index contributed by atoms with van der Waals surface area (Å²) in [6, 6.07) is 9.58. The fourth-order valence-electron chi connectivity index (χ4n) is 2.33. The third-order valence-corrected chi connectivity index (χ3v) is 4.74. The lowest BCUT2D eigenvalue weighted by Gasteiger charge is -2.08. The smallest absolute Gasteiger partial charge is 0.338 e. The third kappa shape index (κ3) is 2.74. The van der Waals surface area contributed by atoms with Crippen LogP contribution in [0, 0.1) is 0 Å². The van der Waals surface area contributed by atoms with E-state index in [4.69, 9.17) is 0 Å². The molecule has 2 aromatic rings. The molecule has 102 valence electrons. The summed E-state index contributed by atoms with van der Waals surface area (Å²) < 4.78 is 0.973. The Kier molecular flexibility index (Phi) is 3.81. The van der Waals surface area contributed by atoms with Crippen LogP contribution < -0.4 is 0 Å². The van der Waals surface area contributed by atoms with Crippen LogP contribution in [-0.2, 0) is 12.8 Å². The van der Waals surface area contributed by atoms with Gasteiger partial charge in [0.15, 0.2) is 0 Å². The number of hydrogen-bond acceptors (Lipinski definition) is 3. The van der Waals surface area contributed by atoms with Crippen molar-refractivity contribution in [2.45, 2.75) is 29.2 Å². The van der Waals surface area contributed by atoms with E-state index in [1.165, 1.54) is 11.8 Å². The minimum absolute atomic E-state index is 0.302. The highest BCUT2D eigenvalue weighted by molar-refractivity contribution is 9.10. The number of carbonyl (C=O) groups is 1. The zero-order valence-corrected chi connectivity index (χ0v) is 13.0. The first-order valence-electron chi connectivity index (χ1n) is 6.33. The lowest BCUT2D eigenvalue weighted by molar-refractivity contribution is 0.0692. The SMILES string of the molecule is O=C(O)c1cc2c(nc1Sc1cccc(Br)c1)CCC2. The first-order chi connectivity index (χ1) is 9.63. The molecular formula is C15H12BrNO2S. The molecule has 1 aliphatic carbocycles. The van der Waals surface area contributed by atoms with Crippen LogP contribution in [0.1, 0.15) is 28.0 Å². The Bertz CT molecular complexity index is 688. The molecule has 0 saturated carbocycles. The number of carboxylic acids is 1. The van der Waals surface area contributed by atoms with Gasteiger partial charge in [-0.3, -0.25) is 0 Å². The lowest BCUT2D eigenvalue weighted by atomic mass is 10.1. The Balaban J connectivity index is 2.01. The summed E-state index contributed by atoms with van der Waals surface area (Å²) in [5, 5.41) is 9.95. The van der Waals surface area contributed by atoms with Gasteiger partial charge in [0.1, 0.15) is 5.03 Å². The summed E-state index contributed by atoms with van der Waals surface area (Å²) in [5.74, 6) is -0.912. The van der Waals surface area contributed by atoms with Gasteiger partial charge in [-0.1, -0.05) is 33.8 Å². The molecule has 1 heterocycles. The number of halogens is 1. The average molecular weight is 350 g/mol. The number of rotatable bonds is 3. The Morgan fingerprint density at radius 1 is 1.30 bits per heavy atom. The van der Waals surface area contributed by atoms with E-state index in [0.29, 0.717) is 10.6 Å². The molecule has 0 bridgehead atoms. The summed E-state index contributed by atoms with van der Waals surface area (Å²) in [6.07, 6.45) is 2.94. The molecule has 1 aromatic heterocycles. The van der Waals surface area contributed by atoms with Crippen molar-refractivity contribution in [1.29, 1.82) is 0 Å². The van der Waals surface area contributed by atoms with E-state index < -0.39 is 5.97 Å². The highest BCUT2D eigenvalue weighted by Crippen LogP contribution is 2.33. The molecule has 1 aromatic carbocycles. The number of benzene rings is 1. The van der Waals surface area contributed by atoms with Gasteiger partial charge >= 0.3 is 5.97 Å². The molecule has 0 spiro atoms. The molecule has 3 rings (SSSR count). The number of aryl methyl sites for hydroxylation is 2. The molecule has 0 saturated heterocycles. The van der Waals surface area contributed by atoms with Crippen molar-refractivity contribution in [3.63, 3.8) is 0 Å². The standard InChI is InChI=1S/C15H12BrNO2S/c16-10-4-2-5-11(8-10)20-14-12(15(18)19)7-9-3-1-6-13(9)17-14/h2,4-5,7-8H,1,3,6H2,(H,18,19). The molecule has 5 heteroatoms. The quantitative estimate of drug-likeness (QED) is 0.902. The highest BCUT2D eigenvalue weighted by atomic mass is 79.9. The number of carboxylic acid groups (broad SMARTS) is 1. The van der Waals surface area contributed by atoms with E-state index in [9.17, 15) is 9.90 Å². The van der Waals surface area contributed by atoms with Gasteiger partial charge in [-0.15, -0.1) is 0 Å². The number of fused-ring (bicyclic) bond motifs is 1. The number of hydrogen-bond donors (Lipinski definition) is 1. The first-order valence-corrected chi connectivity index (χ1v) is 7.94. The van der Waals surface area contributed by atoms with Gasteiger partial charge in [-0.05, 0) is 49.1 Å². The maximum absolute atomic E-state index is 11.4. The minimum Gasteiger partial charge on any atom is -0.478 e. The lowest BCUT2D eigenvalue weighted by Crippen LogP contribution is -2.04. The summed E-state index contributed by atoms with van der Waals surface area (Å²) in [5.41, 5.74) is 2.43. The number of pyridine rings is 1. The zero-order valence-electron chi connectivity index (χ0n) is 10.6. The summed E-state index contributed by atoms with van der Waals surface area (Å²) in [7, 11) is 0. The largest absolute Gasteiger partial charge is 0.478 e. The van der Waals surface area contributed by atoms with E-state index in [1.54, 1.807) is 6.07 Å². The average Bonchev–Trinajstić information content (AvgIpc) is 2.84. The molecule has 0 aliphatic heterocycles. The van der Waals surface area contributed by atoms with Gasteiger partial charge < -0.3 is 5.11 Å². The third-order valence-electron chi connectivity index (χ3n) is 3.26. The van der Waals surface area contributed by atoms with Crippen molar-refractivity contribution in [1.82, 2.24) is 4.98 Å². The second-order valence-electron chi connectivity index (χ2n) is 4.67. The van der Waals surface area contributed by atoms with Gasteiger partial charge in [0.2, 0.25) is 0 Å². The molecule has 20 heavy (non-hydrogen) atoms. The molecule has 0 amide bonds. The molecule has 0 atom stereocenters. The van der Waals surface area contributed by atoms with Gasteiger partial charge in [-0.2, -0.15) is 0 Å². The van der Waals surface area contributed by atoms with E-state index >= 15 is 0 Å². The van der Waals surface area contributed by atoms with Crippen molar-refractivity contribution >= 4 is 33.7 Å². The van der Waals surface area contributed by atoms with Crippen LogP contribution in [0.5, 0.6) is 0 Å². The molecule has 0 unspecified atom stereocenters. The van der Waals surface area contributed by atoms with Crippen LogP contribution in [0.4, 0.5) is 0 Å². The van der Waals surface area contributed by atoms with Crippen LogP contribution in [0.15, 0.2) is 44.7 Å². The molecule has 3 nitrogen and oxygen atoms in total. The fourth-order valence-corrected chi connectivity index (χ4v) is 3.84. The van der Waals surface area contributed by atoms with E-state index in [-0.39, 0.29) is 0 Å². The minimum atomic E-state index is -0.912. The zero-order chi connectivity index (χ0) is 14.1. The molecule has 1 aliphatic rings. The van der Waals surface area contributed by atoms with Crippen LogP contribution in [-0.4, -0.2) is 16.1 Å². The van der Waals surface area contributed by atoms with Crippen LogP contribution in [0.2, 0.25) is 0 Å². The van der Waals surface area contributed by atoms with Crippen LogP contribution in [0.25, 0.3) is 0 Å². The van der Waals surface area contributed by atoms with Gasteiger partial charge in [-0.25, -0.2) is 9.78 Å². The van der Waals surface area contributed by atoms with E-state index in [2.05, 4.69) is 20.9 Å². The first kappa shape index (κ1) is 13.6. The molecule has 1 N–H and O–H groups in total. The Hall–Kier alpha value is -1.33. The van der Waals surface area contributed by atoms with Crippen LogP contribution in [0.3, 0.4) is 0 Å². The molecular weight excluding hydrogens is 338 g/mol. The summed E-state index contributed by atoms with van der Waals surface area (Å²) in [4.78, 5) is 17.0. The maximum atomic E-state index is 11.4. The van der Waals surface area contributed by atoms with Gasteiger partial charge in [0, 0.05) is 15.1 Å². The van der Waals surface area contributed by atoms with Crippen LogP contribution >= 0.6 is 27.7 Å². The predicted octanol–water partition coefficient (Wildman–Crippen LogP) is 4.18. The van der Waals surface area contributed by atoms with Crippen molar-refractivity contribution in [2.24, 2.45) is 0 Å². The summed E-state index contributed by atoms with van der Waals surface area (Å²) in [6.45, 7) is 0. The fraction of sp³-hybridized carbons (Fsp3) is 0.200. The van der Waals surface area contributed by atoms with E-state index in [1.807, 2.05) is 24.3 Å². The Labute approximate surface area is 129 Å². The summed E-state index contributed by atoms with van der Waals surface area (Å²) >= 11 is 4.82. The van der Waals surface area contributed by atoms with Crippen molar-refractivity contribution < 1.29 is 9.90 Å². The normalized spacial score (nSPS) is 13.2. The second kappa shape index (κ2) is 5.58. The van der Waals surface area contributed by atoms with Crippen molar-refractivity contribution in [2.75, 3.05) is 0 Å². The van der Waals surface area contributed by atoms with Gasteiger partial charge in [0.05, 0.1) is 5.56 Å². The topological polar surface area (TPSA) is 50.2 Å². The van der Waals surface area contributed by atoms with Crippen molar-refractivity contribution in [3.8, 4) is 0 Å². The number of aromatic nitrogens is 1. The number of nitrogens with zero attached hydrogens (tertiary/aromatic N) is 1. The van der Waals surface area contributed by atoms with Crippen molar-refractivity contribution in [3.05, 3.63) is 51.6 Å².